The molecule has 0 saturated carbocycles. The van der Waals surface area contributed by atoms with Gasteiger partial charge in [0, 0.05) is 6.42 Å². The van der Waals surface area contributed by atoms with Crippen molar-refractivity contribution in [2.75, 3.05) is 40.9 Å². The van der Waals surface area contributed by atoms with E-state index in [1.807, 2.05) is 27.2 Å². The molecule has 434 valence electrons. The summed E-state index contributed by atoms with van der Waals surface area (Å²) < 4.78 is 23.4. The predicted molar refractivity (Wildman–Crippen MR) is 325 cm³/mol. The normalized spacial score (nSPS) is 14.5. The molecule has 0 radical (unpaired) electrons. The van der Waals surface area contributed by atoms with E-state index in [1.54, 1.807) is 6.08 Å². The van der Waals surface area contributed by atoms with E-state index in [2.05, 4.69) is 104 Å². The third kappa shape index (κ3) is 58.9. The van der Waals surface area contributed by atoms with E-state index >= 15 is 0 Å². The van der Waals surface area contributed by atoms with Crippen LogP contribution >= 0.6 is 7.82 Å². The van der Waals surface area contributed by atoms with Crippen molar-refractivity contribution in [2.24, 2.45) is 0 Å². The highest BCUT2D eigenvalue weighted by atomic mass is 31.2. The third-order valence-corrected chi connectivity index (χ3v) is 14.5. The topological polar surface area (TPSA) is 108 Å². The highest BCUT2D eigenvalue weighted by Crippen LogP contribution is 2.38. The highest BCUT2D eigenvalue weighted by molar-refractivity contribution is 7.45. The molecule has 0 heterocycles. The van der Waals surface area contributed by atoms with E-state index in [0.717, 1.165) is 103 Å². The van der Waals surface area contributed by atoms with Gasteiger partial charge in [0.05, 0.1) is 39.9 Å². The second kappa shape index (κ2) is 56.2. The molecule has 0 aromatic rings. The smallest absolute Gasteiger partial charge is 0.268 e. The van der Waals surface area contributed by atoms with Gasteiger partial charge in [-0.1, -0.05) is 278 Å². The van der Waals surface area contributed by atoms with Gasteiger partial charge in [0.1, 0.15) is 13.2 Å². The fraction of sp³-hybridized carbons (Fsp3) is 0.742. The summed E-state index contributed by atoms with van der Waals surface area (Å²) in [7, 11) is 1.24. The van der Waals surface area contributed by atoms with Crippen molar-refractivity contribution in [2.45, 2.75) is 276 Å². The number of carbonyl (C=O) groups is 1. The summed E-state index contributed by atoms with van der Waals surface area (Å²) in [4.78, 5) is 25.6. The van der Waals surface area contributed by atoms with Crippen molar-refractivity contribution in [3.05, 3.63) is 97.2 Å². The van der Waals surface area contributed by atoms with E-state index < -0.39 is 26.6 Å². The lowest BCUT2D eigenvalue weighted by molar-refractivity contribution is -0.870. The average molecular weight is 1070 g/mol. The van der Waals surface area contributed by atoms with Crippen LogP contribution in [0.25, 0.3) is 0 Å². The first kappa shape index (κ1) is 72.4. The number of aliphatic hydroxyl groups excluding tert-OH is 1. The molecule has 3 atom stereocenters. The standard InChI is InChI=1S/C66H119N2O6P/c1-6-8-10-12-14-16-18-20-22-24-26-28-30-32-34-36-38-40-42-44-46-48-50-52-54-56-58-60-66(70)67-64(63-74-75(71,72)73-62-61-68(3,4)5)65(69)59-57-55-53-51-49-47-45-43-41-39-37-35-33-31-29-27-25-23-21-19-17-15-13-11-9-7-2/h8,10,14,16,20,22,26,28,32,34,38,40,44,46,57,59,64-65,69H,6-7,9,11-13,15,17-19,21,23-25,27,29-31,33,35-37,39,41-43,45,47-56,58,60-63H2,1-5H3,(H-,67,70,71,72)/b10-8-,16-14-,22-20-,28-26-,34-32-,40-38-,46-44-,59-57+. The Morgan fingerprint density at radius 1 is 0.480 bits per heavy atom. The molecule has 0 aromatic heterocycles. The molecule has 0 spiro atoms. The minimum Gasteiger partial charge on any atom is -0.756 e. The third-order valence-electron chi connectivity index (χ3n) is 13.5. The quantitative estimate of drug-likeness (QED) is 0.0272. The number of unbranched alkanes of at least 4 members (excludes halogenated alkanes) is 29. The fourth-order valence-electron chi connectivity index (χ4n) is 8.72. The zero-order valence-electron chi connectivity index (χ0n) is 49.5. The van der Waals surface area contributed by atoms with Crippen LogP contribution in [0.1, 0.15) is 264 Å². The maximum Gasteiger partial charge on any atom is 0.268 e. The number of nitrogens with one attached hydrogen (secondary N) is 1. The second-order valence-electron chi connectivity index (χ2n) is 22.0. The molecule has 0 rings (SSSR count). The van der Waals surface area contributed by atoms with Gasteiger partial charge in [0.25, 0.3) is 7.82 Å². The van der Waals surface area contributed by atoms with Gasteiger partial charge in [-0.3, -0.25) is 9.36 Å². The second-order valence-corrected chi connectivity index (χ2v) is 23.4. The van der Waals surface area contributed by atoms with Crippen molar-refractivity contribution >= 4 is 13.7 Å². The summed E-state index contributed by atoms with van der Waals surface area (Å²) in [5.74, 6) is -0.218. The summed E-state index contributed by atoms with van der Waals surface area (Å²) in [6, 6.07) is -0.906. The number of rotatable bonds is 56. The number of aliphatic hydroxyl groups is 1. The van der Waals surface area contributed by atoms with E-state index in [1.165, 1.54) is 141 Å². The molecule has 8 nitrogen and oxygen atoms in total. The van der Waals surface area contributed by atoms with Gasteiger partial charge in [-0.25, -0.2) is 0 Å². The molecule has 2 N–H and O–H groups in total. The molecule has 3 unspecified atom stereocenters. The van der Waals surface area contributed by atoms with Crippen LogP contribution < -0.4 is 10.2 Å². The van der Waals surface area contributed by atoms with Crippen LogP contribution in [0.2, 0.25) is 0 Å². The van der Waals surface area contributed by atoms with E-state index in [9.17, 15) is 19.4 Å². The Balaban J connectivity index is 4.25. The minimum absolute atomic E-state index is 0.00996. The molecule has 75 heavy (non-hydrogen) atoms. The molecule has 0 aliphatic heterocycles. The van der Waals surface area contributed by atoms with Gasteiger partial charge < -0.3 is 28.8 Å². The number of hydrogen-bond acceptors (Lipinski definition) is 6. The Morgan fingerprint density at radius 2 is 0.813 bits per heavy atom. The average Bonchev–Trinajstić information content (AvgIpc) is 3.37. The fourth-order valence-corrected chi connectivity index (χ4v) is 9.45. The van der Waals surface area contributed by atoms with Crippen LogP contribution in [0.3, 0.4) is 0 Å². The molecular weight excluding hydrogens is 948 g/mol. The van der Waals surface area contributed by atoms with Crippen LogP contribution in [0.15, 0.2) is 97.2 Å². The lowest BCUT2D eigenvalue weighted by Crippen LogP contribution is -2.45. The Kier molecular flexibility index (Phi) is 54.2. The zero-order valence-corrected chi connectivity index (χ0v) is 50.4. The molecule has 0 aliphatic carbocycles. The van der Waals surface area contributed by atoms with Gasteiger partial charge in [-0.05, 0) is 77.0 Å². The molecule has 0 aromatic carbocycles. The number of likely N-dealkylation sites (N-methyl/N-ethyl adjacent to an activating group) is 1. The van der Waals surface area contributed by atoms with Crippen molar-refractivity contribution in [1.82, 2.24) is 5.32 Å². The molecule has 0 fully saturated rings. The van der Waals surface area contributed by atoms with Gasteiger partial charge in [0.2, 0.25) is 5.91 Å². The van der Waals surface area contributed by atoms with E-state index in [-0.39, 0.29) is 12.5 Å². The Hall–Kier alpha value is -2.58. The molecule has 0 bridgehead atoms. The Bertz CT molecular complexity index is 1540. The first-order valence-electron chi connectivity index (χ1n) is 31.1. The number of phosphoric ester groups is 1. The van der Waals surface area contributed by atoms with E-state index in [4.69, 9.17) is 9.05 Å². The Labute approximate surface area is 464 Å². The predicted octanol–water partition coefficient (Wildman–Crippen LogP) is 18.7. The van der Waals surface area contributed by atoms with Crippen LogP contribution in [0, 0.1) is 0 Å². The summed E-state index contributed by atoms with van der Waals surface area (Å²) in [6.45, 7) is 4.53. The van der Waals surface area contributed by atoms with Crippen molar-refractivity contribution < 1.29 is 32.9 Å². The number of hydrogen-bond donors (Lipinski definition) is 2. The van der Waals surface area contributed by atoms with Gasteiger partial charge in [-0.2, -0.15) is 0 Å². The first-order chi connectivity index (χ1) is 36.5. The molecule has 0 saturated heterocycles. The molecule has 0 aliphatic rings. The number of phosphoric acid groups is 1. The maximum atomic E-state index is 13.0. The molecule has 1 amide bonds. The number of amides is 1. The van der Waals surface area contributed by atoms with Crippen LogP contribution in [-0.4, -0.2) is 68.5 Å². The van der Waals surface area contributed by atoms with Crippen molar-refractivity contribution in [3.63, 3.8) is 0 Å². The summed E-state index contributed by atoms with van der Waals surface area (Å²) in [5, 5.41) is 13.9. The highest BCUT2D eigenvalue weighted by Gasteiger charge is 2.23. The van der Waals surface area contributed by atoms with Gasteiger partial charge in [0.15, 0.2) is 0 Å². The zero-order chi connectivity index (χ0) is 54.9. The van der Waals surface area contributed by atoms with Crippen molar-refractivity contribution in [3.8, 4) is 0 Å². The largest absolute Gasteiger partial charge is 0.756 e. The maximum absolute atomic E-state index is 13.0. The van der Waals surface area contributed by atoms with E-state index in [0.29, 0.717) is 17.4 Å². The minimum atomic E-state index is -4.61. The van der Waals surface area contributed by atoms with Crippen LogP contribution in [0.4, 0.5) is 0 Å². The molecular formula is C66H119N2O6P. The lowest BCUT2D eigenvalue weighted by atomic mass is 10.0. The Morgan fingerprint density at radius 3 is 1.19 bits per heavy atom. The summed E-state index contributed by atoms with van der Waals surface area (Å²) in [6.07, 6.45) is 80.6. The monoisotopic (exact) mass is 1070 g/mol. The van der Waals surface area contributed by atoms with Crippen LogP contribution in [0.5, 0.6) is 0 Å². The SMILES string of the molecule is CC/C=C\C/C=C\C/C=C\C/C=C\C/C=C\C/C=C\C/C=C\CCCCCCCC(=O)NC(COP(=O)([O-])OCC[N+](C)(C)C)C(O)/C=C/CCCCCCCCCCCCCCCCCCCCCCCCCC. The van der Waals surface area contributed by atoms with Gasteiger partial charge >= 0.3 is 0 Å². The van der Waals surface area contributed by atoms with Crippen LogP contribution in [-0.2, 0) is 18.4 Å². The number of carbonyl (C=O) groups excluding carboxylic acids is 1. The number of allylic oxidation sites excluding steroid dienone is 15. The number of nitrogens with zero attached hydrogens (tertiary/aromatic N) is 1. The first-order valence-corrected chi connectivity index (χ1v) is 32.6. The van der Waals surface area contributed by atoms with Crippen molar-refractivity contribution in [1.29, 1.82) is 0 Å². The van der Waals surface area contributed by atoms with Gasteiger partial charge in [-0.15, -0.1) is 0 Å². The number of quaternary nitrogens is 1. The lowest BCUT2D eigenvalue weighted by Gasteiger charge is -2.29. The summed E-state index contributed by atoms with van der Waals surface area (Å²) in [5.41, 5.74) is 0. The summed E-state index contributed by atoms with van der Waals surface area (Å²) >= 11 is 0. The molecule has 9 heteroatoms.